The van der Waals surface area contributed by atoms with Crippen molar-refractivity contribution in [1.29, 1.82) is 0 Å². The van der Waals surface area contributed by atoms with Crippen LogP contribution in [0.1, 0.15) is 61.9 Å². The molecule has 0 aliphatic carbocycles. The molecule has 37 heavy (non-hydrogen) atoms. The summed E-state index contributed by atoms with van der Waals surface area (Å²) in [6.07, 6.45) is 7.86. The Balaban J connectivity index is 1.19. The lowest BCUT2D eigenvalue weighted by atomic mass is 9.92. The lowest BCUT2D eigenvalue weighted by Gasteiger charge is -2.32. The predicted molar refractivity (Wildman–Crippen MR) is 134 cm³/mol. The number of hydrogen-bond donors (Lipinski definition) is 3. The first-order valence-electron chi connectivity index (χ1n) is 12.5. The number of amidine groups is 1. The van der Waals surface area contributed by atoms with Crippen LogP contribution in [0.25, 0.3) is 0 Å². The molecule has 0 bridgehead atoms. The third-order valence-corrected chi connectivity index (χ3v) is 6.45. The van der Waals surface area contributed by atoms with Crippen molar-refractivity contribution in [2.75, 3.05) is 24.6 Å². The van der Waals surface area contributed by atoms with Crippen LogP contribution in [0.5, 0.6) is 5.75 Å². The van der Waals surface area contributed by atoms with Crippen LogP contribution in [0, 0.1) is 23.5 Å². The summed E-state index contributed by atoms with van der Waals surface area (Å²) in [7, 11) is 0. The number of aromatic nitrogens is 2. The Morgan fingerprint density at radius 2 is 1.92 bits per heavy atom. The number of carbonyl (C=O) groups excluding carboxylic acids is 1. The van der Waals surface area contributed by atoms with Gasteiger partial charge in [-0.2, -0.15) is 0 Å². The molecule has 3 heterocycles. The van der Waals surface area contributed by atoms with Crippen molar-refractivity contribution in [1.82, 2.24) is 20.9 Å². The number of anilines is 1. The van der Waals surface area contributed by atoms with Crippen molar-refractivity contribution in [2.45, 2.75) is 52.2 Å². The van der Waals surface area contributed by atoms with E-state index in [1.54, 1.807) is 17.8 Å². The minimum absolute atomic E-state index is 0.0414. The molecule has 0 saturated carbocycles. The van der Waals surface area contributed by atoms with E-state index in [2.05, 4.69) is 39.2 Å². The Morgan fingerprint density at radius 3 is 2.54 bits per heavy atom. The van der Waals surface area contributed by atoms with Crippen LogP contribution in [0.2, 0.25) is 0 Å². The zero-order valence-corrected chi connectivity index (χ0v) is 21.0. The van der Waals surface area contributed by atoms with E-state index in [-0.39, 0.29) is 12.0 Å². The highest BCUT2D eigenvalue weighted by Gasteiger charge is 2.23. The number of piperidine rings is 1. The van der Waals surface area contributed by atoms with Gasteiger partial charge in [-0.3, -0.25) is 10.2 Å². The molecule has 10 nitrogen and oxygen atoms in total. The summed E-state index contributed by atoms with van der Waals surface area (Å²) in [5.74, 6) is 4.29. The summed E-state index contributed by atoms with van der Waals surface area (Å²) >= 11 is 0. The van der Waals surface area contributed by atoms with Gasteiger partial charge in [0, 0.05) is 37.6 Å². The van der Waals surface area contributed by atoms with Crippen molar-refractivity contribution in [3.05, 3.63) is 47.3 Å². The van der Waals surface area contributed by atoms with Crippen molar-refractivity contribution < 1.29 is 23.1 Å². The molecule has 2 aromatic rings. The van der Waals surface area contributed by atoms with Crippen LogP contribution >= 0.6 is 0 Å². The van der Waals surface area contributed by atoms with Gasteiger partial charge >= 0.3 is 0 Å². The highest BCUT2D eigenvalue weighted by molar-refractivity contribution is 5.98. The summed E-state index contributed by atoms with van der Waals surface area (Å²) in [4.78, 5) is 32.7. The number of ether oxygens (including phenoxy) is 1. The molecule has 200 valence electrons. The second-order valence-electron chi connectivity index (χ2n) is 9.71. The van der Waals surface area contributed by atoms with Crippen LogP contribution in [0.3, 0.4) is 0 Å². The van der Waals surface area contributed by atoms with Gasteiger partial charge in [-0.15, -0.1) is 0 Å². The van der Waals surface area contributed by atoms with E-state index in [4.69, 9.17) is 15.4 Å². The van der Waals surface area contributed by atoms with Gasteiger partial charge < -0.3 is 9.64 Å². The minimum Gasteiger partial charge on any atom is -0.493 e. The van der Waals surface area contributed by atoms with Crippen LogP contribution in [-0.4, -0.2) is 47.6 Å². The molecular formula is C25H33F2N7O3. The predicted octanol–water partition coefficient (Wildman–Crippen LogP) is 3.09. The van der Waals surface area contributed by atoms with Gasteiger partial charge in [0.25, 0.3) is 5.91 Å². The van der Waals surface area contributed by atoms with E-state index < -0.39 is 23.1 Å². The Morgan fingerprint density at radius 1 is 1.24 bits per heavy atom. The molecular weight excluding hydrogens is 484 g/mol. The first-order valence-corrected chi connectivity index (χ1v) is 12.5. The van der Waals surface area contributed by atoms with Crippen LogP contribution in [-0.2, 0) is 4.84 Å². The topological polar surface area (TPSA) is 127 Å². The number of nitrogen functional groups attached to an aromatic ring is 1. The van der Waals surface area contributed by atoms with Gasteiger partial charge in [0.2, 0.25) is 5.95 Å². The maximum Gasteiger partial charge on any atom is 0.271 e. The molecule has 1 fully saturated rings. The summed E-state index contributed by atoms with van der Waals surface area (Å²) < 4.78 is 33.5. The molecule has 2 aliphatic heterocycles. The molecule has 0 spiro atoms. The van der Waals surface area contributed by atoms with E-state index >= 15 is 0 Å². The number of rotatable bonds is 10. The number of nitrogens with two attached hydrogens (primary N) is 1. The normalized spacial score (nSPS) is 18.1. The number of hydrogen-bond acceptors (Lipinski definition) is 9. The average molecular weight is 518 g/mol. The number of aliphatic imine (C=N–C) groups is 1. The number of halogens is 2. The summed E-state index contributed by atoms with van der Waals surface area (Å²) in [6.45, 7) is 6.29. The van der Waals surface area contributed by atoms with Crippen molar-refractivity contribution in [2.24, 2.45) is 22.7 Å². The number of amides is 1. The highest BCUT2D eigenvalue weighted by atomic mass is 19.1. The third kappa shape index (κ3) is 6.89. The Hall–Kier alpha value is -3.38. The maximum atomic E-state index is 14.0. The standard InChI is InChI=1S/C25H33F2N7O3/c1-15(2)10-21-31-23(33-37-21)17-13-29-25(30-14-17)34-7-5-16(6-8-34)4-3-9-36-18-11-19(26)22(20(27)12-18)24(35)32-28/h11-16,21H,3-10,28H2,1-2H3,(H,31,33)(H,32,35). The summed E-state index contributed by atoms with van der Waals surface area (Å²) in [5, 5.41) is 0. The lowest BCUT2D eigenvalue weighted by Crippen LogP contribution is -2.35. The van der Waals surface area contributed by atoms with Gasteiger partial charge in [-0.05, 0) is 43.9 Å². The summed E-state index contributed by atoms with van der Waals surface area (Å²) in [5.41, 5.74) is 4.66. The first kappa shape index (κ1) is 26.7. The fraction of sp³-hybridized carbons (Fsp3) is 0.520. The van der Waals surface area contributed by atoms with E-state index in [9.17, 15) is 13.6 Å². The summed E-state index contributed by atoms with van der Waals surface area (Å²) in [6, 6.07) is 1.98. The average Bonchev–Trinajstić information content (AvgIpc) is 3.34. The van der Waals surface area contributed by atoms with E-state index in [0.29, 0.717) is 30.2 Å². The van der Waals surface area contributed by atoms with Gasteiger partial charge in [0.05, 0.1) is 12.2 Å². The third-order valence-electron chi connectivity index (χ3n) is 6.45. The highest BCUT2D eigenvalue weighted by Crippen LogP contribution is 2.25. The van der Waals surface area contributed by atoms with Crippen molar-refractivity contribution in [3.63, 3.8) is 0 Å². The molecule has 4 N–H and O–H groups in total. The maximum absolute atomic E-state index is 14.0. The second-order valence-corrected chi connectivity index (χ2v) is 9.71. The molecule has 1 aromatic heterocycles. The monoisotopic (exact) mass is 517 g/mol. The molecule has 1 amide bonds. The number of hydroxylamine groups is 1. The largest absolute Gasteiger partial charge is 0.493 e. The van der Waals surface area contributed by atoms with Gasteiger partial charge in [0.15, 0.2) is 12.1 Å². The molecule has 1 saturated heterocycles. The minimum atomic E-state index is -1.03. The lowest BCUT2D eigenvalue weighted by molar-refractivity contribution is 0.0261. The van der Waals surface area contributed by atoms with Crippen molar-refractivity contribution in [3.8, 4) is 5.75 Å². The molecule has 1 atom stereocenters. The number of hydrazine groups is 1. The zero-order chi connectivity index (χ0) is 26.4. The Bertz CT molecular complexity index is 1080. The fourth-order valence-corrected chi connectivity index (χ4v) is 4.47. The first-order chi connectivity index (χ1) is 17.8. The second kappa shape index (κ2) is 12.2. The molecule has 1 aromatic carbocycles. The van der Waals surface area contributed by atoms with Crippen LogP contribution in [0.15, 0.2) is 29.5 Å². The van der Waals surface area contributed by atoms with E-state index in [1.807, 2.05) is 0 Å². The van der Waals surface area contributed by atoms with Crippen molar-refractivity contribution >= 4 is 17.7 Å². The smallest absolute Gasteiger partial charge is 0.271 e. The SMILES string of the molecule is CC(C)CC1N=C(c2cnc(N3CCC(CCCOc4cc(F)c(C(=O)NN)c(F)c4)CC3)nc2)NO1. The van der Waals surface area contributed by atoms with Crippen LogP contribution in [0.4, 0.5) is 14.7 Å². The molecule has 0 radical (unpaired) electrons. The number of benzene rings is 1. The fourth-order valence-electron chi connectivity index (χ4n) is 4.47. The Kier molecular flexibility index (Phi) is 8.82. The Labute approximate surface area is 214 Å². The van der Waals surface area contributed by atoms with Crippen LogP contribution < -0.4 is 26.4 Å². The van der Waals surface area contributed by atoms with E-state index in [0.717, 1.165) is 62.9 Å². The number of carbonyl (C=O) groups is 1. The number of nitrogens with zero attached hydrogens (tertiary/aromatic N) is 4. The number of nitrogens with one attached hydrogen (secondary N) is 2. The van der Waals surface area contributed by atoms with E-state index in [1.165, 1.54) is 0 Å². The molecule has 12 heteroatoms. The molecule has 4 rings (SSSR count). The molecule has 2 aliphatic rings. The van der Waals surface area contributed by atoms with Gasteiger partial charge in [-0.1, -0.05) is 13.8 Å². The zero-order valence-electron chi connectivity index (χ0n) is 21.0. The molecule has 1 unspecified atom stereocenters. The quantitative estimate of drug-likeness (QED) is 0.190. The van der Waals surface area contributed by atoms with Gasteiger partial charge in [-0.25, -0.2) is 39.9 Å². The van der Waals surface area contributed by atoms with Gasteiger partial charge in [0.1, 0.15) is 22.9 Å².